The van der Waals surface area contributed by atoms with E-state index in [-0.39, 0.29) is 10.7 Å². The molecule has 9 heteroatoms. The molecule has 1 heterocycles. The van der Waals surface area contributed by atoms with E-state index >= 15 is 0 Å². The van der Waals surface area contributed by atoms with E-state index in [9.17, 15) is 13.2 Å². The molecule has 0 saturated heterocycles. The van der Waals surface area contributed by atoms with Crippen LogP contribution in [0.3, 0.4) is 0 Å². The number of benzene rings is 2. The SMILES string of the molecule is Cc1ccc(NC(=O)c2cc(S(=O)(=O)Nc3ccc(Br)cc3)[nH]n2)c(C)c1. The quantitative estimate of drug-likeness (QED) is 0.551. The van der Waals surface area contributed by atoms with Gasteiger partial charge in [0.1, 0.15) is 0 Å². The van der Waals surface area contributed by atoms with Crippen LogP contribution in [-0.2, 0) is 10.0 Å². The van der Waals surface area contributed by atoms with E-state index in [0.717, 1.165) is 15.6 Å². The first-order valence-electron chi connectivity index (χ1n) is 7.97. The molecule has 0 aliphatic carbocycles. The van der Waals surface area contributed by atoms with E-state index in [1.165, 1.54) is 6.07 Å². The second-order valence-electron chi connectivity index (χ2n) is 6.00. The lowest BCUT2D eigenvalue weighted by Crippen LogP contribution is -2.14. The van der Waals surface area contributed by atoms with Crippen LogP contribution in [0.1, 0.15) is 21.6 Å². The minimum absolute atomic E-state index is 0.0221. The minimum atomic E-state index is -3.89. The number of aromatic nitrogens is 2. The third kappa shape index (κ3) is 4.55. The maximum Gasteiger partial charge on any atom is 0.278 e. The highest BCUT2D eigenvalue weighted by Gasteiger charge is 2.20. The molecule has 0 radical (unpaired) electrons. The van der Waals surface area contributed by atoms with Gasteiger partial charge in [0.2, 0.25) is 0 Å². The second-order valence-corrected chi connectivity index (χ2v) is 8.57. The molecule has 0 aliphatic heterocycles. The Morgan fingerprint density at radius 2 is 1.78 bits per heavy atom. The molecule has 0 bridgehead atoms. The number of nitrogens with zero attached hydrogens (tertiary/aromatic N) is 1. The predicted octanol–water partition coefficient (Wildman–Crippen LogP) is 3.84. The average molecular weight is 449 g/mol. The molecule has 1 aromatic heterocycles. The summed E-state index contributed by atoms with van der Waals surface area (Å²) in [6.45, 7) is 3.84. The molecule has 1 amide bonds. The zero-order chi connectivity index (χ0) is 19.6. The van der Waals surface area contributed by atoms with Gasteiger partial charge in [-0.25, -0.2) is 0 Å². The predicted molar refractivity (Wildman–Crippen MR) is 107 cm³/mol. The summed E-state index contributed by atoms with van der Waals surface area (Å²) in [4.78, 5) is 12.4. The summed E-state index contributed by atoms with van der Waals surface area (Å²) in [7, 11) is -3.89. The van der Waals surface area contributed by atoms with E-state index in [0.29, 0.717) is 11.4 Å². The number of rotatable bonds is 5. The highest BCUT2D eigenvalue weighted by molar-refractivity contribution is 9.10. The van der Waals surface area contributed by atoms with Gasteiger partial charge in [0.25, 0.3) is 15.9 Å². The van der Waals surface area contributed by atoms with Crippen molar-refractivity contribution in [2.24, 2.45) is 0 Å². The Hall–Kier alpha value is -2.65. The molecule has 0 saturated carbocycles. The lowest BCUT2D eigenvalue weighted by molar-refractivity contribution is 0.102. The molecule has 0 aliphatic rings. The number of sulfonamides is 1. The smallest absolute Gasteiger partial charge is 0.278 e. The van der Waals surface area contributed by atoms with Crippen LogP contribution < -0.4 is 10.0 Å². The van der Waals surface area contributed by atoms with Crippen molar-refractivity contribution < 1.29 is 13.2 Å². The maximum atomic E-state index is 12.4. The van der Waals surface area contributed by atoms with Crippen molar-refractivity contribution in [3.63, 3.8) is 0 Å². The van der Waals surface area contributed by atoms with E-state index in [4.69, 9.17) is 0 Å². The summed E-state index contributed by atoms with van der Waals surface area (Å²) < 4.78 is 28.2. The van der Waals surface area contributed by atoms with Crippen LogP contribution in [0, 0.1) is 13.8 Å². The van der Waals surface area contributed by atoms with Crippen molar-refractivity contribution in [3.05, 3.63) is 69.8 Å². The number of halogens is 1. The van der Waals surface area contributed by atoms with Gasteiger partial charge in [-0.2, -0.15) is 13.5 Å². The Labute approximate surface area is 165 Å². The Morgan fingerprint density at radius 1 is 1.07 bits per heavy atom. The van der Waals surface area contributed by atoms with Gasteiger partial charge in [0, 0.05) is 21.9 Å². The number of carbonyl (C=O) groups is 1. The zero-order valence-corrected chi connectivity index (χ0v) is 17.0. The minimum Gasteiger partial charge on any atom is -0.320 e. The number of carbonyl (C=O) groups excluding carboxylic acids is 1. The molecule has 0 atom stereocenters. The van der Waals surface area contributed by atoms with Crippen molar-refractivity contribution >= 4 is 43.2 Å². The van der Waals surface area contributed by atoms with Gasteiger partial charge in [0.05, 0.1) is 0 Å². The Morgan fingerprint density at radius 3 is 2.44 bits per heavy atom. The number of aromatic amines is 1. The van der Waals surface area contributed by atoms with Gasteiger partial charge in [-0.1, -0.05) is 33.6 Å². The molecule has 3 rings (SSSR count). The van der Waals surface area contributed by atoms with Crippen LogP contribution in [0.15, 0.2) is 58.0 Å². The standard InChI is InChI=1S/C18H17BrN4O3S/c1-11-3-8-15(12(2)9-11)20-18(24)16-10-17(22-21-16)27(25,26)23-14-6-4-13(19)5-7-14/h3-10,23H,1-2H3,(H,20,24)(H,21,22). The average Bonchev–Trinajstić information content (AvgIpc) is 3.10. The summed E-state index contributed by atoms with van der Waals surface area (Å²) in [6.07, 6.45) is 0. The summed E-state index contributed by atoms with van der Waals surface area (Å²) in [5, 5.41) is 8.75. The van der Waals surface area contributed by atoms with Crippen molar-refractivity contribution in [1.82, 2.24) is 10.2 Å². The van der Waals surface area contributed by atoms with Crippen molar-refractivity contribution in [2.75, 3.05) is 10.0 Å². The van der Waals surface area contributed by atoms with Crippen LogP contribution >= 0.6 is 15.9 Å². The van der Waals surface area contributed by atoms with E-state index in [2.05, 4.69) is 36.2 Å². The lowest BCUT2D eigenvalue weighted by Gasteiger charge is -2.07. The number of aryl methyl sites for hydroxylation is 2. The van der Waals surface area contributed by atoms with Gasteiger partial charge in [-0.15, -0.1) is 0 Å². The van der Waals surface area contributed by atoms with Crippen LogP contribution in [0.4, 0.5) is 11.4 Å². The molecule has 27 heavy (non-hydrogen) atoms. The largest absolute Gasteiger partial charge is 0.320 e. The molecule has 0 fully saturated rings. The van der Waals surface area contributed by atoms with Crippen LogP contribution in [-0.4, -0.2) is 24.5 Å². The molecular formula is C18H17BrN4O3S. The first kappa shape index (κ1) is 19.1. The third-order valence-corrected chi connectivity index (χ3v) is 5.62. The molecule has 2 aromatic carbocycles. The number of anilines is 2. The van der Waals surface area contributed by atoms with Crippen molar-refractivity contribution in [2.45, 2.75) is 18.9 Å². The maximum absolute atomic E-state index is 12.4. The van der Waals surface area contributed by atoms with E-state index in [1.54, 1.807) is 30.3 Å². The molecule has 7 nitrogen and oxygen atoms in total. The van der Waals surface area contributed by atoms with Gasteiger partial charge in [-0.3, -0.25) is 14.6 Å². The van der Waals surface area contributed by atoms with Crippen LogP contribution in [0.2, 0.25) is 0 Å². The summed E-state index contributed by atoms with van der Waals surface area (Å²) in [5.41, 5.74) is 3.01. The highest BCUT2D eigenvalue weighted by Crippen LogP contribution is 2.20. The summed E-state index contributed by atoms with van der Waals surface area (Å²) in [5.74, 6) is -0.497. The van der Waals surface area contributed by atoms with Crippen molar-refractivity contribution in [3.8, 4) is 0 Å². The topological polar surface area (TPSA) is 104 Å². The fourth-order valence-corrected chi connectivity index (χ4v) is 3.68. The second kappa shape index (κ2) is 7.53. The lowest BCUT2D eigenvalue weighted by atomic mass is 10.1. The van der Waals surface area contributed by atoms with E-state index in [1.807, 2.05) is 26.0 Å². The Kier molecular flexibility index (Phi) is 5.33. The van der Waals surface area contributed by atoms with Gasteiger partial charge in [0.15, 0.2) is 10.7 Å². The first-order chi connectivity index (χ1) is 12.7. The monoisotopic (exact) mass is 448 g/mol. The molecule has 0 unspecified atom stereocenters. The zero-order valence-electron chi connectivity index (χ0n) is 14.6. The number of amides is 1. The number of nitrogens with one attached hydrogen (secondary N) is 3. The molecule has 3 aromatic rings. The van der Waals surface area contributed by atoms with Gasteiger partial charge in [-0.05, 0) is 49.7 Å². The number of H-pyrrole nitrogens is 1. The molecule has 0 spiro atoms. The van der Waals surface area contributed by atoms with Gasteiger partial charge < -0.3 is 5.32 Å². The Balaban J connectivity index is 1.76. The highest BCUT2D eigenvalue weighted by atomic mass is 79.9. The van der Waals surface area contributed by atoms with E-state index < -0.39 is 15.9 Å². The molecule has 140 valence electrons. The van der Waals surface area contributed by atoms with Crippen molar-refractivity contribution in [1.29, 1.82) is 0 Å². The normalized spacial score (nSPS) is 11.2. The fraction of sp³-hybridized carbons (Fsp3) is 0.111. The molecule has 3 N–H and O–H groups in total. The molecular weight excluding hydrogens is 432 g/mol. The first-order valence-corrected chi connectivity index (χ1v) is 10.2. The van der Waals surface area contributed by atoms with Gasteiger partial charge >= 0.3 is 0 Å². The van der Waals surface area contributed by atoms with Crippen LogP contribution in [0.25, 0.3) is 0 Å². The third-order valence-electron chi connectivity index (χ3n) is 3.80. The number of hydrogen-bond acceptors (Lipinski definition) is 4. The summed E-state index contributed by atoms with van der Waals surface area (Å²) in [6, 6.07) is 13.5. The fourth-order valence-electron chi connectivity index (χ4n) is 2.43. The number of hydrogen-bond donors (Lipinski definition) is 3. The van der Waals surface area contributed by atoms with Crippen LogP contribution in [0.5, 0.6) is 0 Å². The Bertz CT molecular complexity index is 1090. The summed E-state index contributed by atoms with van der Waals surface area (Å²) >= 11 is 3.29.